The van der Waals surface area contributed by atoms with Crippen molar-refractivity contribution in [2.45, 2.75) is 32.0 Å². The highest BCUT2D eigenvalue weighted by molar-refractivity contribution is 5.78. The smallest absolute Gasteiger partial charge is 0.236 e. The number of aromatic nitrogens is 1. The summed E-state index contributed by atoms with van der Waals surface area (Å²) in [6, 6.07) is 3.95. The van der Waals surface area contributed by atoms with Gasteiger partial charge in [0.25, 0.3) is 0 Å². The van der Waals surface area contributed by atoms with Crippen LogP contribution in [0.3, 0.4) is 0 Å². The van der Waals surface area contributed by atoms with E-state index in [0.29, 0.717) is 19.8 Å². The van der Waals surface area contributed by atoms with Crippen molar-refractivity contribution < 1.29 is 14.3 Å². The minimum absolute atomic E-state index is 0.0779. The molecule has 2 aliphatic heterocycles. The monoisotopic (exact) mass is 347 g/mol. The number of ether oxygens (including phenoxy) is 2. The van der Waals surface area contributed by atoms with Crippen molar-refractivity contribution in [3.63, 3.8) is 0 Å². The molecule has 0 bridgehead atoms. The fourth-order valence-electron chi connectivity index (χ4n) is 3.94. The number of pyridine rings is 1. The van der Waals surface area contributed by atoms with Crippen LogP contribution in [0.5, 0.6) is 0 Å². The summed E-state index contributed by atoms with van der Waals surface area (Å²) < 4.78 is 12.1. The molecular weight excluding hydrogens is 318 g/mol. The largest absolute Gasteiger partial charge is 0.377 e. The molecule has 25 heavy (non-hydrogen) atoms. The molecule has 3 rings (SSSR count). The summed E-state index contributed by atoms with van der Waals surface area (Å²) >= 11 is 0. The molecule has 0 radical (unpaired) electrons. The van der Waals surface area contributed by atoms with Gasteiger partial charge in [-0.15, -0.1) is 0 Å². The van der Waals surface area contributed by atoms with Crippen LogP contribution in [0.4, 0.5) is 0 Å². The molecule has 1 aromatic rings. The molecule has 1 aromatic heterocycles. The number of fused-ring (bicyclic) bond motifs is 1. The molecule has 138 valence electrons. The minimum Gasteiger partial charge on any atom is -0.377 e. The molecule has 6 heteroatoms. The molecule has 6 nitrogen and oxygen atoms in total. The van der Waals surface area contributed by atoms with Gasteiger partial charge in [-0.2, -0.15) is 0 Å². The Balaban J connectivity index is 1.63. The van der Waals surface area contributed by atoms with Gasteiger partial charge in [0.15, 0.2) is 0 Å². The topological polar surface area (TPSA) is 54.9 Å². The quantitative estimate of drug-likeness (QED) is 0.782. The molecule has 0 unspecified atom stereocenters. The third-order valence-corrected chi connectivity index (χ3v) is 5.20. The van der Waals surface area contributed by atoms with E-state index in [2.05, 4.69) is 4.98 Å². The Morgan fingerprint density at radius 2 is 2.24 bits per heavy atom. The third-order valence-electron chi connectivity index (χ3n) is 5.20. The first kappa shape index (κ1) is 18.3. The second kappa shape index (κ2) is 8.25. The SMILES string of the molecule is CN(C)CC(=O)N1CC[C@H]2OCCC[C@@]2(COCc2ccncc2)C1. The van der Waals surface area contributed by atoms with Crippen molar-refractivity contribution in [3.8, 4) is 0 Å². The van der Waals surface area contributed by atoms with Crippen LogP contribution in [-0.4, -0.2) is 73.7 Å². The molecule has 2 atom stereocenters. The highest BCUT2D eigenvalue weighted by atomic mass is 16.5. The maximum Gasteiger partial charge on any atom is 0.236 e. The molecule has 3 heterocycles. The molecule has 0 spiro atoms. The van der Waals surface area contributed by atoms with Crippen LogP contribution >= 0.6 is 0 Å². The van der Waals surface area contributed by atoms with Crippen molar-refractivity contribution in [2.24, 2.45) is 5.41 Å². The lowest BCUT2D eigenvalue weighted by Crippen LogP contribution is -2.58. The van der Waals surface area contributed by atoms with Gasteiger partial charge in [0, 0.05) is 37.5 Å². The van der Waals surface area contributed by atoms with E-state index in [1.165, 1.54) is 0 Å². The lowest BCUT2D eigenvalue weighted by molar-refractivity contribution is -0.166. The molecule has 2 saturated heterocycles. The standard InChI is InChI=1S/C19H29N3O3/c1-21(2)12-18(23)22-10-6-17-19(14-22,7-3-11-25-17)15-24-13-16-4-8-20-9-5-16/h4-5,8-9,17H,3,6-7,10-15H2,1-2H3/t17-,19+/m1/s1. The number of rotatable bonds is 6. The summed E-state index contributed by atoms with van der Waals surface area (Å²) in [4.78, 5) is 20.5. The van der Waals surface area contributed by atoms with Crippen molar-refractivity contribution in [3.05, 3.63) is 30.1 Å². The highest BCUT2D eigenvalue weighted by Gasteiger charge is 2.47. The van der Waals surface area contributed by atoms with Crippen LogP contribution in [0.15, 0.2) is 24.5 Å². The molecule has 1 amide bonds. The van der Waals surface area contributed by atoms with Crippen molar-refractivity contribution in [1.29, 1.82) is 0 Å². The van der Waals surface area contributed by atoms with E-state index < -0.39 is 0 Å². The summed E-state index contributed by atoms with van der Waals surface area (Å²) in [6.45, 7) is 4.00. The number of likely N-dealkylation sites (tertiary alicyclic amines) is 1. The molecule has 0 saturated carbocycles. The zero-order valence-electron chi connectivity index (χ0n) is 15.3. The van der Waals surface area contributed by atoms with Gasteiger partial charge in [-0.1, -0.05) is 0 Å². The van der Waals surface area contributed by atoms with Crippen LogP contribution in [0.1, 0.15) is 24.8 Å². The Bertz CT molecular complexity index is 566. The molecule has 0 N–H and O–H groups in total. The third kappa shape index (κ3) is 4.57. The second-order valence-corrected chi connectivity index (χ2v) is 7.52. The first-order chi connectivity index (χ1) is 12.1. The van der Waals surface area contributed by atoms with Gasteiger partial charge in [0.2, 0.25) is 5.91 Å². The number of carbonyl (C=O) groups excluding carboxylic acids is 1. The van der Waals surface area contributed by atoms with Gasteiger partial charge in [-0.3, -0.25) is 9.78 Å². The normalized spacial score (nSPS) is 26.5. The van der Waals surface area contributed by atoms with Crippen LogP contribution < -0.4 is 0 Å². The summed E-state index contributed by atoms with van der Waals surface area (Å²) in [5.74, 6) is 0.197. The van der Waals surface area contributed by atoms with Gasteiger partial charge >= 0.3 is 0 Å². The Morgan fingerprint density at radius 1 is 1.44 bits per heavy atom. The van der Waals surface area contributed by atoms with E-state index in [4.69, 9.17) is 9.47 Å². The number of nitrogens with zero attached hydrogens (tertiary/aromatic N) is 3. The first-order valence-corrected chi connectivity index (χ1v) is 9.10. The molecule has 0 aromatic carbocycles. The fourth-order valence-corrected chi connectivity index (χ4v) is 3.94. The van der Waals surface area contributed by atoms with E-state index in [9.17, 15) is 4.79 Å². The maximum atomic E-state index is 12.5. The molecule has 2 aliphatic rings. The van der Waals surface area contributed by atoms with E-state index >= 15 is 0 Å². The summed E-state index contributed by atoms with van der Waals surface area (Å²) in [7, 11) is 3.87. The number of carbonyl (C=O) groups is 1. The van der Waals surface area contributed by atoms with E-state index in [0.717, 1.165) is 44.5 Å². The van der Waals surface area contributed by atoms with E-state index in [-0.39, 0.29) is 17.4 Å². The summed E-state index contributed by atoms with van der Waals surface area (Å²) in [5.41, 5.74) is 1.04. The van der Waals surface area contributed by atoms with Gasteiger partial charge in [0.1, 0.15) is 0 Å². The van der Waals surface area contributed by atoms with Crippen LogP contribution in [0, 0.1) is 5.41 Å². The number of likely N-dealkylation sites (N-methyl/N-ethyl adjacent to an activating group) is 1. The Kier molecular flexibility index (Phi) is 6.04. The first-order valence-electron chi connectivity index (χ1n) is 9.10. The van der Waals surface area contributed by atoms with Crippen molar-refractivity contribution >= 4 is 5.91 Å². The Morgan fingerprint density at radius 3 is 3.00 bits per heavy atom. The van der Waals surface area contributed by atoms with Gasteiger partial charge in [-0.25, -0.2) is 0 Å². The fraction of sp³-hybridized carbons (Fsp3) is 0.684. The van der Waals surface area contributed by atoms with E-state index in [1.807, 2.05) is 36.0 Å². The summed E-state index contributed by atoms with van der Waals surface area (Å²) in [6.07, 6.45) is 6.75. The highest BCUT2D eigenvalue weighted by Crippen LogP contribution is 2.40. The predicted octanol–water partition coefficient (Wildman–Crippen LogP) is 1.56. The zero-order chi connectivity index (χ0) is 17.7. The summed E-state index contributed by atoms with van der Waals surface area (Å²) in [5, 5.41) is 0. The van der Waals surface area contributed by atoms with Gasteiger partial charge in [0.05, 0.1) is 25.9 Å². The Hall–Kier alpha value is -1.50. The van der Waals surface area contributed by atoms with Gasteiger partial charge in [-0.05, 0) is 51.1 Å². The minimum atomic E-state index is -0.0779. The average molecular weight is 347 g/mol. The maximum absolute atomic E-state index is 12.5. The predicted molar refractivity (Wildman–Crippen MR) is 95.1 cm³/mol. The lowest BCUT2D eigenvalue weighted by atomic mass is 9.73. The van der Waals surface area contributed by atoms with E-state index in [1.54, 1.807) is 12.4 Å². The second-order valence-electron chi connectivity index (χ2n) is 7.52. The van der Waals surface area contributed by atoms with Gasteiger partial charge < -0.3 is 19.3 Å². The molecular formula is C19H29N3O3. The van der Waals surface area contributed by atoms with Crippen molar-refractivity contribution in [1.82, 2.24) is 14.8 Å². The molecule has 2 fully saturated rings. The zero-order valence-corrected chi connectivity index (χ0v) is 15.3. The number of piperidine rings is 1. The van der Waals surface area contributed by atoms with Crippen LogP contribution in [-0.2, 0) is 20.9 Å². The van der Waals surface area contributed by atoms with Crippen LogP contribution in [0.2, 0.25) is 0 Å². The average Bonchev–Trinajstić information content (AvgIpc) is 2.61. The number of amides is 1. The Labute approximate surface area is 150 Å². The van der Waals surface area contributed by atoms with Crippen molar-refractivity contribution in [2.75, 3.05) is 46.9 Å². The van der Waals surface area contributed by atoms with Crippen LogP contribution in [0.25, 0.3) is 0 Å². The number of hydrogen-bond donors (Lipinski definition) is 0. The molecule has 0 aliphatic carbocycles. The lowest BCUT2D eigenvalue weighted by Gasteiger charge is -2.50. The number of hydrogen-bond acceptors (Lipinski definition) is 5.